The first-order chi connectivity index (χ1) is 10.4. The second kappa shape index (κ2) is 8.66. The van der Waals surface area contributed by atoms with Crippen molar-refractivity contribution in [1.82, 2.24) is 5.32 Å². The van der Waals surface area contributed by atoms with Crippen molar-refractivity contribution in [2.24, 2.45) is 11.8 Å². The predicted octanol–water partition coefficient (Wildman–Crippen LogP) is 3.65. The summed E-state index contributed by atoms with van der Waals surface area (Å²) in [4.78, 5) is 12.5. The number of ether oxygens (including phenoxy) is 2. The summed E-state index contributed by atoms with van der Waals surface area (Å²) in [6.45, 7) is 10.4. The Bertz CT molecular complexity index is 463. The third-order valence-electron chi connectivity index (χ3n) is 3.75. The van der Waals surface area contributed by atoms with Gasteiger partial charge in [-0.3, -0.25) is 4.79 Å². The van der Waals surface area contributed by atoms with Gasteiger partial charge in [-0.05, 0) is 30.4 Å². The number of methoxy groups -OCH3 is 1. The van der Waals surface area contributed by atoms with E-state index in [2.05, 4.69) is 33.0 Å². The Hall–Kier alpha value is -1.71. The fraction of sp³-hybridized carbons (Fsp3) is 0.611. The van der Waals surface area contributed by atoms with Gasteiger partial charge in [-0.25, -0.2) is 0 Å². The summed E-state index contributed by atoms with van der Waals surface area (Å²) in [6, 6.07) is 7.53. The monoisotopic (exact) mass is 307 g/mol. The molecule has 0 radical (unpaired) electrons. The van der Waals surface area contributed by atoms with Crippen LogP contribution in [0.25, 0.3) is 0 Å². The molecular weight excluding hydrogens is 278 g/mol. The highest BCUT2D eigenvalue weighted by Gasteiger charge is 2.25. The van der Waals surface area contributed by atoms with Gasteiger partial charge < -0.3 is 14.8 Å². The molecule has 0 fully saturated rings. The molecule has 0 aliphatic rings. The Balaban J connectivity index is 2.80. The number of benzene rings is 1. The van der Waals surface area contributed by atoms with E-state index in [0.29, 0.717) is 29.8 Å². The lowest BCUT2D eigenvalue weighted by atomic mass is 9.93. The summed E-state index contributed by atoms with van der Waals surface area (Å²) in [5.74, 6) is 1.93. The normalized spacial score (nSPS) is 12.6. The van der Waals surface area contributed by atoms with Gasteiger partial charge in [0.15, 0.2) is 17.6 Å². The number of amides is 1. The molecule has 0 aromatic heterocycles. The van der Waals surface area contributed by atoms with Crippen molar-refractivity contribution in [3.63, 3.8) is 0 Å². The van der Waals surface area contributed by atoms with Crippen molar-refractivity contribution < 1.29 is 14.3 Å². The number of hydrogen-bond acceptors (Lipinski definition) is 3. The van der Waals surface area contributed by atoms with Crippen LogP contribution in [-0.2, 0) is 4.79 Å². The van der Waals surface area contributed by atoms with Crippen LogP contribution in [0.3, 0.4) is 0 Å². The summed E-state index contributed by atoms with van der Waals surface area (Å²) in [5.41, 5.74) is 0. The zero-order valence-corrected chi connectivity index (χ0v) is 14.6. The second-order valence-electron chi connectivity index (χ2n) is 6.19. The van der Waals surface area contributed by atoms with Crippen LogP contribution in [0, 0.1) is 11.8 Å². The quantitative estimate of drug-likeness (QED) is 0.797. The molecule has 4 heteroatoms. The third kappa shape index (κ3) is 4.93. The van der Waals surface area contributed by atoms with E-state index in [0.717, 1.165) is 0 Å². The minimum Gasteiger partial charge on any atom is -0.493 e. The number of nitrogens with one attached hydrogen (secondary N) is 1. The minimum absolute atomic E-state index is 0.0687. The van der Waals surface area contributed by atoms with Gasteiger partial charge in [0.1, 0.15) is 0 Å². The highest BCUT2D eigenvalue weighted by atomic mass is 16.5. The molecular formula is C18H29NO3. The smallest absolute Gasteiger partial charge is 0.261 e. The highest BCUT2D eigenvalue weighted by Crippen LogP contribution is 2.27. The van der Waals surface area contributed by atoms with E-state index in [1.807, 2.05) is 31.2 Å². The third-order valence-corrected chi connectivity index (χ3v) is 3.75. The molecule has 0 spiro atoms. The minimum atomic E-state index is -0.517. The number of carbonyl (C=O) groups excluding carboxylic acids is 1. The zero-order valence-electron chi connectivity index (χ0n) is 14.6. The van der Waals surface area contributed by atoms with E-state index in [9.17, 15) is 4.79 Å². The van der Waals surface area contributed by atoms with E-state index in [1.54, 1.807) is 7.11 Å². The van der Waals surface area contributed by atoms with Crippen molar-refractivity contribution in [2.75, 3.05) is 7.11 Å². The second-order valence-corrected chi connectivity index (χ2v) is 6.19. The molecule has 0 aliphatic heterocycles. The lowest BCUT2D eigenvalue weighted by Crippen LogP contribution is -2.48. The Morgan fingerprint density at radius 3 is 2.09 bits per heavy atom. The Morgan fingerprint density at radius 1 is 1.09 bits per heavy atom. The van der Waals surface area contributed by atoms with E-state index >= 15 is 0 Å². The summed E-state index contributed by atoms with van der Waals surface area (Å²) in [6.07, 6.45) is 0.0866. The Kier molecular flexibility index (Phi) is 7.22. The van der Waals surface area contributed by atoms with Gasteiger partial charge in [0.25, 0.3) is 5.91 Å². The van der Waals surface area contributed by atoms with Gasteiger partial charge in [0.2, 0.25) is 0 Å². The Labute approximate surface area is 134 Å². The van der Waals surface area contributed by atoms with E-state index in [-0.39, 0.29) is 11.9 Å². The van der Waals surface area contributed by atoms with Crippen LogP contribution >= 0.6 is 0 Å². The summed E-state index contributed by atoms with van der Waals surface area (Å²) in [5, 5.41) is 3.12. The maximum Gasteiger partial charge on any atom is 0.261 e. The first-order valence-electron chi connectivity index (χ1n) is 8.00. The van der Waals surface area contributed by atoms with E-state index < -0.39 is 6.10 Å². The van der Waals surface area contributed by atoms with Crippen molar-refractivity contribution in [3.05, 3.63) is 24.3 Å². The van der Waals surface area contributed by atoms with Gasteiger partial charge in [-0.1, -0.05) is 46.8 Å². The molecule has 1 aromatic carbocycles. The molecule has 1 N–H and O–H groups in total. The fourth-order valence-corrected chi connectivity index (χ4v) is 2.55. The summed E-state index contributed by atoms with van der Waals surface area (Å²) < 4.78 is 11.1. The molecule has 22 heavy (non-hydrogen) atoms. The Morgan fingerprint density at radius 2 is 1.64 bits per heavy atom. The van der Waals surface area contributed by atoms with Crippen molar-refractivity contribution in [2.45, 2.75) is 53.2 Å². The molecule has 1 rings (SSSR count). The van der Waals surface area contributed by atoms with Crippen LogP contribution in [0.4, 0.5) is 0 Å². The van der Waals surface area contributed by atoms with Gasteiger partial charge in [0.05, 0.1) is 7.11 Å². The maximum atomic E-state index is 12.5. The van der Waals surface area contributed by atoms with Crippen LogP contribution in [0.2, 0.25) is 0 Å². The van der Waals surface area contributed by atoms with Crippen LogP contribution in [-0.4, -0.2) is 25.2 Å². The number of para-hydroxylation sites is 2. The molecule has 0 heterocycles. The largest absolute Gasteiger partial charge is 0.493 e. The molecule has 1 aromatic rings. The van der Waals surface area contributed by atoms with Crippen molar-refractivity contribution >= 4 is 5.91 Å². The molecule has 1 amide bonds. The molecule has 124 valence electrons. The molecule has 4 nitrogen and oxygen atoms in total. The van der Waals surface area contributed by atoms with Gasteiger partial charge in [-0.2, -0.15) is 0 Å². The molecule has 1 atom stereocenters. The van der Waals surface area contributed by atoms with Crippen LogP contribution < -0.4 is 14.8 Å². The summed E-state index contributed by atoms with van der Waals surface area (Å²) in [7, 11) is 1.59. The number of rotatable bonds is 8. The van der Waals surface area contributed by atoms with Gasteiger partial charge >= 0.3 is 0 Å². The molecule has 0 saturated heterocycles. The fourth-order valence-electron chi connectivity index (χ4n) is 2.55. The van der Waals surface area contributed by atoms with Crippen molar-refractivity contribution in [1.29, 1.82) is 0 Å². The van der Waals surface area contributed by atoms with Gasteiger partial charge in [-0.15, -0.1) is 0 Å². The lowest BCUT2D eigenvalue weighted by Gasteiger charge is -2.28. The zero-order chi connectivity index (χ0) is 16.7. The standard InChI is InChI=1S/C18H29NO3/c1-7-14(18(20)19-17(12(2)3)13(4)5)22-16-11-9-8-10-15(16)21-6/h8-14,17H,7H2,1-6H3,(H,19,20). The molecule has 0 bridgehead atoms. The van der Waals surface area contributed by atoms with Gasteiger partial charge in [0, 0.05) is 6.04 Å². The van der Waals surface area contributed by atoms with Crippen LogP contribution in [0.5, 0.6) is 11.5 Å². The van der Waals surface area contributed by atoms with E-state index in [4.69, 9.17) is 9.47 Å². The first-order valence-corrected chi connectivity index (χ1v) is 8.00. The lowest BCUT2D eigenvalue weighted by molar-refractivity contribution is -0.129. The predicted molar refractivity (Wildman–Crippen MR) is 89.3 cm³/mol. The average Bonchev–Trinajstić information content (AvgIpc) is 2.49. The number of hydrogen-bond donors (Lipinski definition) is 1. The summed E-state index contributed by atoms with van der Waals surface area (Å²) >= 11 is 0. The first kappa shape index (κ1) is 18.3. The highest BCUT2D eigenvalue weighted by molar-refractivity contribution is 5.81. The van der Waals surface area contributed by atoms with E-state index in [1.165, 1.54) is 0 Å². The molecule has 1 unspecified atom stereocenters. The molecule has 0 saturated carbocycles. The van der Waals surface area contributed by atoms with Crippen molar-refractivity contribution in [3.8, 4) is 11.5 Å². The maximum absolute atomic E-state index is 12.5. The average molecular weight is 307 g/mol. The van der Waals surface area contributed by atoms with Crippen LogP contribution in [0.1, 0.15) is 41.0 Å². The topological polar surface area (TPSA) is 47.6 Å². The number of carbonyl (C=O) groups is 1. The molecule has 0 aliphatic carbocycles. The van der Waals surface area contributed by atoms with Crippen LogP contribution in [0.15, 0.2) is 24.3 Å². The SMILES string of the molecule is CCC(Oc1ccccc1OC)C(=O)NC(C(C)C)C(C)C.